The van der Waals surface area contributed by atoms with E-state index in [1.165, 1.54) is 0 Å². The van der Waals surface area contributed by atoms with Gasteiger partial charge in [-0.3, -0.25) is 4.98 Å². The summed E-state index contributed by atoms with van der Waals surface area (Å²) in [6, 6.07) is 2.43. The highest BCUT2D eigenvalue weighted by Crippen LogP contribution is 2.26. The Hall–Kier alpha value is -1.58. The molecule has 0 fully saturated rings. The fraction of sp³-hybridized carbons (Fsp3) is 0.500. The number of hydrogen-bond acceptors (Lipinski definition) is 3. The summed E-state index contributed by atoms with van der Waals surface area (Å²) in [6.07, 6.45) is 6.92. The van der Waals surface area contributed by atoms with Crippen molar-refractivity contribution in [3.05, 3.63) is 18.5 Å². The molecule has 16 heavy (non-hydrogen) atoms. The molecule has 0 saturated heterocycles. The number of anilines is 1. The first-order valence-corrected chi connectivity index (χ1v) is 5.85. The number of nitrogens with two attached hydrogens (primary N) is 1. The van der Waals surface area contributed by atoms with Crippen LogP contribution in [0.5, 0.6) is 0 Å². The Balaban J connectivity index is 2.53. The average molecular weight is 218 g/mol. The second-order valence-corrected chi connectivity index (χ2v) is 4.06. The van der Waals surface area contributed by atoms with Gasteiger partial charge in [0.1, 0.15) is 5.52 Å². The highest BCUT2D eigenvalue weighted by molar-refractivity contribution is 5.77. The maximum atomic E-state index is 5.98. The van der Waals surface area contributed by atoms with Gasteiger partial charge in [0, 0.05) is 12.2 Å². The van der Waals surface area contributed by atoms with Crippen LogP contribution < -0.4 is 5.73 Å². The third kappa shape index (κ3) is 1.75. The van der Waals surface area contributed by atoms with Crippen LogP contribution in [0, 0.1) is 0 Å². The lowest BCUT2D eigenvalue weighted by Crippen LogP contribution is -2.11. The fourth-order valence-corrected chi connectivity index (χ4v) is 2.20. The minimum Gasteiger partial charge on any atom is -0.369 e. The van der Waals surface area contributed by atoms with Crippen LogP contribution in [0.3, 0.4) is 0 Å². The SMILES string of the molecule is CCCC(CC)n1c(N)nc2cnccc21. The molecule has 2 heterocycles. The van der Waals surface area contributed by atoms with Crippen molar-refractivity contribution in [2.75, 3.05) is 5.73 Å². The van der Waals surface area contributed by atoms with Crippen LogP contribution in [-0.4, -0.2) is 14.5 Å². The topological polar surface area (TPSA) is 56.7 Å². The van der Waals surface area contributed by atoms with Crippen molar-refractivity contribution in [2.45, 2.75) is 39.2 Å². The van der Waals surface area contributed by atoms with Crippen LogP contribution >= 0.6 is 0 Å². The minimum atomic E-state index is 0.442. The second kappa shape index (κ2) is 4.51. The molecule has 4 nitrogen and oxygen atoms in total. The molecule has 2 N–H and O–H groups in total. The van der Waals surface area contributed by atoms with Gasteiger partial charge in [-0.15, -0.1) is 0 Å². The molecule has 0 aliphatic carbocycles. The summed E-state index contributed by atoms with van der Waals surface area (Å²) >= 11 is 0. The van der Waals surface area contributed by atoms with Gasteiger partial charge < -0.3 is 10.3 Å². The first-order chi connectivity index (χ1) is 7.77. The number of aromatic nitrogens is 3. The minimum absolute atomic E-state index is 0.442. The van der Waals surface area contributed by atoms with Gasteiger partial charge in [0.15, 0.2) is 0 Å². The molecule has 0 amide bonds. The molecule has 0 bridgehead atoms. The van der Waals surface area contributed by atoms with Crippen molar-refractivity contribution in [3.63, 3.8) is 0 Å². The molecular formula is C12H18N4. The third-order valence-corrected chi connectivity index (χ3v) is 2.98. The summed E-state index contributed by atoms with van der Waals surface area (Å²) in [5.74, 6) is 0.600. The Kier molecular flexibility index (Phi) is 3.08. The molecular weight excluding hydrogens is 200 g/mol. The molecule has 86 valence electrons. The predicted molar refractivity (Wildman–Crippen MR) is 66.2 cm³/mol. The second-order valence-electron chi connectivity index (χ2n) is 4.06. The van der Waals surface area contributed by atoms with Gasteiger partial charge in [-0.2, -0.15) is 0 Å². The Labute approximate surface area is 95.5 Å². The molecule has 2 aromatic rings. The quantitative estimate of drug-likeness (QED) is 0.858. The average Bonchev–Trinajstić information content (AvgIpc) is 2.62. The van der Waals surface area contributed by atoms with Gasteiger partial charge in [-0.25, -0.2) is 4.98 Å². The maximum absolute atomic E-state index is 5.98. The Morgan fingerprint density at radius 2 is 2.25 bits per heavy atom. The van der Waals surface area contributed by atoms with Crippen molar-refractivity contribution >= 4 is 17.0 Å². The lowest BCUT2D eigenvalue weighted by molar-refractivity contribution is 0.463. The number of pyridine rings is 1. The smallest absolute Gasteiger partial charge is 0.201 e. The number of fused-ring (bicyclic) bond motifs is 1. The Bertz CT molecular complexity index is 475. The lowest BCUT2D eigenvalue weighted by atomic mass is 10.1. The first-order valence-electron chi connectivity index (χ1n) is 5.85. The molecule has 1 atom stereocenters. The van der Waals surface area contributed by atoms with E-state index in [2.05, 4.69) is 28.4 Å². The van der Waals surface area contributed by atoms with E-state index in [9.17, 15) is 0 Å². The Morgan fingerprint density at radius 1 is 1.44 bits per heavy atom. The summed E-state index contributed by atoms with van der Waals surface area (Å²) in [5, 5.41) is 0. The normalized spacial score (nSPS) is 13.1. The summed E-state index contributed by atoms with van der Waals surface area (Å²) < 4.78 is 2.14. The van der Waals surface area contributed by atoms with E-state index in [1.807, 2.05) is 6.07 Å². The number of nitrogen functional groups attached to an aromatic ring is 1. The van der Waals surface area contributed by atoms with E-state index >= 15 is 0 Å². The summed E-state index contributed by atoms with van der Waals surface area (Å²) in [5.41, 5.74) is 7.96. The zero-order valence-electron chi connectivity index (χ0n) is 9.85. The number of nitrogens with zero attached hydrogens (tertiary/aromatic N) is 3. The third-order valence-electron chi connectivity index (χ3n) is 2.98. The predicted octanol–water partition coefficient (Wildman–Crippen LogP) is 2.76. The first kappa shape index (κ1) is 10.9. The standard InChI is InChI=1S/C12H18N4/c1-3-5-9(4-2)16-11-6-7-14-8-10(11)15-12(16)13/h6-9H,3-5H2,1-2H3,(H2,13,15). The van der Waals surface area contributed by atoms with Gasteiger partial charge in [-0.1, -0.05) is 20.3 Å². The van der Waals surface area contributed by atoms with Crippen molar-refractivity contribution in [3.8, 4) is 0 Å². The van der Waals surface area contributed by atoms with E-state index in [0.29, 0.717) is 12.0 Å². The van der Waals surface area contributed by atoms with E-state index in [1.54, 1.807) is 12.4 Å². The van der Waals surface area contributed by atoms with Crippen molar-refractivity contribution in [2.24, 2.45) is 0 Å². The number of hydrogen-bond donors (Lipinski definition) is 1. The van der Waals surface area contributed by atoms with E-state index in [4.69, 9.17) is 5.73 Å². The highest BCUT2D eigenvalue weighted by atomic mass is 15.2. The summed E-state index contributed by atoms with van der Waals surface area (Å²) in [7, 11) is 0. The van der Waals surface area contributed by atoms with Crippen molar-refractivity contribution in [1.82, 2.24) is 14.5 Å². The Morgan fingerprint density at radius 3 is 2.94 bits per heavy atom. The molecule has 0 aliphatic heterocycles. The zero-order valence-corrected chi connectivity index (χ0v) is 9.85. The van der Waals surface area contributed by atoms with Gasteiger partial charge in [0.25, 0.3) is 0 Å². The van der Waals surface area contributed by atoms with Crippen molar-refractivity contribution < 1.29 is 0 Å². The molecule has 0 saturated carbocycles. The number of imidazole rings is 1. The molecule has 0 spiro atoms. The molecule has 4 heteroatoms. The zero-order chi connectivity index (χ0) is 11.5. The molecule has 1 unspecified atom stereocenters. The molecule has 0 aliphatic rings. The van der Waals surface area contributed by atoms with E-state index < -0.39 is 0 Å². The molecule has 0 radical (unpaired) electrons. The van der Waals surface area contributed by atoms with Crippen LogP contribution in [0.2, 0.25) is 0 Å². The van der Waals surface area contributed by atoms with Crippen molar-refractivity contribution in [1.29, 1.82) is 0 Å². The molecule has 2 aromatic heterocycles. The monoisotopic (exact) mass is 218 g/mol. The van der Waals surface area contributed by atoms with Crippen LogP contribution in [0.4, 0.5) is 5.95 Å². The summed E-state index contributed by atoms with van der Waals surface area (Å²) in [4.78, 5) is 8.41. The van der Waals surface area contributed by atoms with Crippen LogP contribution in [0.1, 0.15) is 39.2 Å². The van der Waals surface area contributed by atoms with Crippen LogP contribution in [-0.2, 0) is 0 Å². The largest absolute Gasteiger partial charge is 0.369 e. The van der Waals surface area contributed by atoms with E-state index in [-0.39, 0.29) is 0 Å². The molecule has 0 aromatic carbocycles. The maximum Gasteiger partial charge on any atom is 0.201 e. The molecule has 2 rings (SSSR count). The van der Waals surface area contributed by atoms with Gasteiger partial charge in [0.2, 0.25) is 5.95 Å². The van der Waals surface area contributed by atoms with E-state index in [0.717, 1.165) is 30.3 Å². The van der Waals surface area contributed by atoms with Crippen LogP contribution in [0.15, 0.2) is 18.5 Å². The highest BCUT2D eigenvalue weighted by Gasteiger charge is 2.15. The van der Waals surface area contributed by atoms with Crippen LogP contribution in [0.25, 0.3) is 11.0 Å². The van der Waals surface area contributed by atoms with Gasteiger partial charge >= 0.3 is 0 Å². The van der Waals surface area contributed by atoms with Gasteiger partial charge in [-0.05, 0) is 18.9 Å². The summed E-state index contributed by atoms with van der Waals surface area (Å²) in [6.45, 7) is 4.38. The number of rotatable bonds is 4. The van der Waals surface area contributed by atoms with Gasteiger partial charge in [0.05, 0.1) is 11.7 Å². The fourth-order valence-electron chi connectivity index (χ4n) is 2.20. The lowest BCUT2D eigenvalue weighted by Gasteiger charge is -2.18.